The van der Waals surface area contributed by atoms with E-state index < -0.39 is 18.5 Å². The largest absolute Gasteiger partial charge is 0.377 e. The lowest BCUT2D eigenvalue weighted by Crippen LogP contribution is -2.22. The molecule has 1 N–H and O–H groups in total. The number of nitrogens with one attached hydrogen (secondary N) is 1. The van der Waals surface area contributed by atoms with Crippen molar-refractivity contribution in [2.24, 2.45) is 7.05 Å². The molecule has 0 aliphatic rings. The first-order valence-corrected chi connectivity index (χ1v) is 4.14. The van der Waals surface area contributed by atoms with Crippen LogP contribution in [0.4, 0.5) is 14.5 Å². The van der Waals surface area contributed by atoms with Crippen molar-refractivity contribution in [3.63, 3.8) is 0 Å². The number of alkyl halides is 2. The number of hydrogen-bond acceptors (Lipinski definition) is 3. The van der Waals surface area contributed by atoms with Crippen LogP contribution in [0.1, 0.15) is 0 Å². The molecule has 0 aromatic carbocycles. The Morgan fingerprint density at radius 1 is 1.71 bits per heavy atom. The lowest BCUT2D eigenvalue weighted by atomic mass is 10.4. The van der Waals surface area contributed by atoms with Gasteiger partial charge in [-0.05, 0) is 0 Å². The molecule has 0 radical (unpaired) electrons. The summed E-state index contributed by atoms with van der Waals surface area (Å²) in [6.45, 7) is -0.561. The molecule has 14 heavy (non-hydrogen) atoms. The second-order valence-corrected chi connectivity index (χ2v) is 2.95. The third-order valence-electron chi connectivity index (χ3n) is 1.53. The summed E-state index contributed by atoms with van der Waals surface area (Å²) in [4.78, 5) is 11.2. The van der Waals surface area contributed by atoms with Gasteiger partial charge in [-0.3, -0.25) is 4.79 Å². The number of anilines is 1. The third-order valence-corrected chi connectivity index (χ3v) is 1.89. The van der Waals surface area contributed by atoms with Crippen LogP contribution in [0.15, 0.2) is 11.0 Å². The van der Waals surface area contributed by atoms with E-state index in [4.69, 9.17) is 11.6 Å². The van der Waals surface area contributed by atoms with Gasteiger partial charge in [0.25, 0.3) is 12.0 Å². The summed E-state index contributed by atoms with van der Waals surface area (Å²) in [6.07, 6.45) is -1.28. The van der Waals surface area contributed by atoms with E-state index in [9.17, 15) is 13.6 Å². The smallest absolute Gasteiger partial charge is 0.287 e. The molecule has 0 atom stereocenters. The van der Waals surface area contributed by atoms with Gasteiger partial charge in [0.2, 0.25) is 0 Å². The third kappa shape index (κ3) is 2.41. The number of aromatic nitrogens is 2. The zero-order valence-electron chi connectivity index (χ0n) is 7.30. The summed E-state index contributed by atoms with van der Waals surface area (Å²) >= 11 is 5.60. The number of nitrogens with zero attached hydrogens (tertiary/aromatic N) is 2. The molecular formula is C7H8ClF2N3O. The van der Waals surface area contributed by atoms with Crippen molar-refractivity contribution in [2.75, 3.05) is 11.9 Å². The molecule has 0 fully saturated rings. The Kier molecular flexibility index (Phi) is 3.40. The van der Waals surface area contributed by atoms with Crippen molar-refractivity contribution >= 4 is 17.3 Å². The minimum absolute atomic E-state index is 0.120. The molecular weight excluding hydrogens is 216 g/mol. The zero-order valence-corrected chi connectivity index (χ0v) is 8.05. The summed E-state index contributed by atoms with van der Waals surface area (Å²) in [7, 11) is 1.42. The Labute approximate surface area is 83.5 Å². The van der Waals surface area contributed by atoms with E-state index in [0.717, 1.165) is 4.68 Å². The van der Waals surface area contributed by atoms with Crippen LogP contribution in [0.5, 0.6) is 0 Å². The van der Waals surface area contributed by atoms with Crippen molar-refractivity contribution in [3.8, 4) is 0 Å². The van der Waals surface area contributed by atoms with Crippen LogP contribution >= 0.6 is 11.6 Å². The fourth-order valence-electron chi connectivity index (χ4n) is 0.821. The number of aryl methyl sites for hydroxylation is 1. The zero-order chi connectivity index (χ0) is 10.7. The second-order valence-electron chi connectivity index (χ2n) is 2.57. The molecule has 0 saturated heterocycles. The molecule has 1 rings (SSSR count). The van der Waals surface area contributed by atoms with Crippen LogP contribution in [-0.4, -0.2) is 22.8 Å². The maximum absolute atomic E-state index is 11.8. The fourth-order valence-corrected chi connectivity index (χ4v) is 1.06. The highest BCUT2D eigenvalue weighted by Gasteiger charge is 2.08. The maximum atomic E-state index is 11.8. The summed E-state index contributed by atoms with van der Waals surface area (Å²) < 4.78 is 24.7. The van der Waals surface area contributed by atoms with Crippen LogP contribution in [0.3, 0.4) is 0 Å². The SMILES string of the molecule is Cn1ncc(NCC(F)F)c(Cl)c1=O. The number of rotatable bonds is 3. The Morgan fingerprint density at radius 2 is 2.36 bits per heavy atom. The van der Waals surface area contributed by atoms with E-state index in [2.05, 4.69) is 10.4 Å². The average Bonchev–Trinajstić information content (AvgIpc) is 2.13. The first-order chi connectivity index (χ1) is 6.52. The molecule has 0 aliphatic heterocycles. The molecule has 0 aliphatic carbocycles. The predicted molar refractivity (Wildman–Crippen MR) is 49.0 cm³/mol. The first-order valence-electron chi connectivity index (χ1n) is 3.76. The van der Waals surface area contributed by atoms with Crippen LogP contribution in [-0.2, 0) is 7.05 Å². The Bertz CT molecular complexity index is 380. The lowest BCUT2D eigenvalue weighted by Gasteiger charge is -2.07. The monoisotopic (exact) mass is 223 g/mol. The highest BCUT2D eigenvalue weighted by Crippen LogP contribution is 2.14. The standard InChI is InChI=1S/C7H8ClF2N3O/c1-13-7(14)6(8)4(2-12-13)11-3-5(9)10/h2,5,11H,3H2,1H3. The van der Waals surface area contributed by atoms with Gasteiger partial charge in [0.1, 0.15) is 5.02 Å². The highest BCUT2D eigenvalue weighted by atomic mass is 35.5. The number of hydrogen-bond donors (Lipinski definition) is 1. The topological polar surface area (TPSA) is 46.9 Å². The summed E-state index contributed by atoms with van der Waals surface area (Å²) in [5, 5.41) is 5.82. The molecule has 4 nitrogen and oxygen atoms in total. The van der Waals surface area contributed by atoms with Crippen LogP contribution < -0.4 is 10.9 Å². The molecule has 1 heterocycles. The molecule has 78 valence electrons. The average molecular weight is 224 g/mol. The Hall–Kier alpha value is -1.17. The van der Waals surface area contributed by atoms with E-state index >= 15 is 0 Å². The Balaban J connectivity index is 2.89. The van der Waals surface area contributed by atoms with Crippen LogP contribution in [0.2, 0.25) is 5.02 Å². The van der Waals surface area contributed by atoms with E-state index in [1.165, 1.54) is 13.2 Å². The summed E-state index contributed by atoms with van der Waals surface area (Å²) in [6, 6.07) is 0. The van der Waals surface area contributed by atoms with Crippen molar-refractivity contribution < 1.29 is 8.78 Å². The first kappa shape index (κ1) is 10.9. The van der Waals surface area contributed by atoms with E-state index in [-0.39, 0.29) is 10.7 Å². The van der Waals surface area contributed by atoms with E-state index in [0.29, 0.717) is 0 Å². The Morgan fingerprint density at radius 3 is 2.93 bits per heavy atom. The molecule has 1 aromatic rings. The van der Waals surface area contributed by atoms with Crippen molar-refractivity contribution in [1.29, 1.82) is 0 Å². The van der Waals surface area contributed by atoms with Crippen LogP contribution in [0.25, 0.3) is 0 Å². The van der Waals surface area contributed by atoms with Gasteiger partial charge in [0.15, 0.2) is 0 Å². The van der Waals surface area contributed by atoms with Gasteiger partial charge in [0, 0.05) is 7.05 Å². The highest BCUT2D eigenvalue weighted by molar-refractivity contribution is 6.32. The van der Waals surface area contributed by atoms with Gasteiger partial charge in [-0.25, -0.2) is 13.5 Å². The molecule has 7 heteroatoms. The van der Waals surface area contributed by atoms with Crippen molar-refractivity contribution in [1.82, 2.24) is 9.78 Å². The lowest BCUT2D eigenvalue weighted by molar-refractivity contribution is 0.163. The van der Waals surface area contributed by atoms with Gasteiger partial charge in [0.05, 0.1) is 18.4 Å². The van der Waals surface area contributed by atoms with Gasteiger partial charge in [-0.15, -0.1) is 0 Å². The maximum Gasteiger partial charge on any atom is 0.287 e. The van der Waals surface area contributed by atoms with Crippen molar-refractivity contribution in [3.05, 3.63) is 21.6 Å². The quantitative estimate of drug-likeness (QED) is 0.835. The predicted octanol–water partition coefficient (Wildman–Crippen LogP) is 1.11. The normalized spacial score (nSPS) is 10.6. The van der Waals surface area contributed by atoms with E-state index in [1.807, 2.05) is 0 Å². The minimum atomic E-state index is -2.50. The summed E-state index contributed by atoms with van der Waals surface area (Å²) in [5.74, 6) is 0. The van der Waals surface area contributed by atoms with E-state index in [1.54, 1.807) is 0 Å². The molecule has 0 amide bonds. The molecule has 0 spiro atoms. The molecule has 1 aromatic heterocycles. The van der Waals surface area contributed by atoms with Gasteiger partial charge < -0.3 is 5.32 Å². The fraction of sp³-hybridized carbons (Fsp3) is 0.429. The minimum Gasteiger partial charge on any atom is -0.377 e. The van der Waals surface area contributed by atoms with Crippen molar-refractivity contribution in [2.45, 2.75) is 6.43 Å². The summed E-state index contributed by atoms with van der Waals surface area (Å²) in [5.41, 5.74) is -0.402. The van der Waals surface area contributed by atoms with Gasteiger partial charge in [-0.2, -0.15) is 5.10 Å². The van der Waals surface area contributed by atoms with Gasteiger partial charge in [-0.1, -0.05) is 11.6 Å². The number of halogens is 3. The molecule has 0 saturated carbocycles. The van der Waals surface area contributed by atoms with Crippen LogP contribution in [0, 0.1) is 0 Å². The second kappa shape index (κ2) is 4.36. The molecule has 0 bridgehead atoms. The van der Waals surface area contributed by atoms with Gasteiger partial charge >= 0.3 is 0 Å². The molecule has 0 unspecified atom stereocenters.